The average molecular weight is 324 g/mol. The van der Waals surface area contributed by atoms with Crippen molar-refractivity contribution in [2.45, 2.75) is 57.9 Å². The second kappa shape index (κ2) is 5.39. The van der Waals surface area contributed by atoms with Crippen molar-refractivity contribution in [1.29, 1.82) is 0 Å². The quantitative estimate of drug-likeness (QED) is 0.840. The minimum Gasteiger partial charge on any atom is -0.367 e. The Morgan fingerprint density at radius 3 is 2.42 bits per heavy atom. The molecule has 2 aliphatic rings. The Kier molecular flexibility index (Phi) is 3.79. The van der Waals surface area contributed by atoms with E-state index in [1.165, 1.54) is 32.1 Å². The van der Waals surface area contributed by atoms with Gasteiger partial charge < -0.3 is 5.32 Å². The molecule has 3 nitrogen and oxygen atoms in total. The molecule has 4 heteroatoms. The lowest BCUT2D eigenvalue weighted by Crippen LogP contribution is -2.30. The van der Waals surface area contributed by atoms with E-state index in [1.54, 1.807) is 0 Å². The predicted molar refractivity (Wildman–Crippen MR) is 81.3 cm³/mol. The molecule has 1 aromatic rings. The lowest BCUT2D eigenvalue weighted by molar-refractivity contribution is 0.280. The van der Waals surface area contributed by atoms with Crippen LogP contribution in [0.3, 0.4) is 0 Å². The lowest BCUT2D eigenvalue weighted by Gasteiger charge is -2.32. The molecule has 0 amide bonds. The fraction of sp³-hybridized carbons (Fsp3) is 0.733. The molecule has 2 fully saturated rings. The maximum atomic E-state index is 4.69. The molecular weight excluding hydrogens is 302 g/mol. The zero-order valence-electron chi connectivity index (χ0n) is 11.7. The summed E-state index contributed by atoms with van der Waals surface area (Å²) in [7, 11) is 0. The molecule has 3 rings (SSSR count). The van der Waals surface area contributed by atoms with E-state index in [0.29, 0.717) is 12.0 Å². The van der Waals surface area contributed by atoms with Gasteiger partial charge in [-0.05, 0) is 59.9 Å². The normalized spacial score (nSPS) is 31.2. The second-order valence-electron chi connectivity index (χ2n) is 6.47. The van der Waals surface area contributed by atoms with Crippen molar-refractivity contribution in [3.05, 3.63) is 16.5 Å². The topological polar surface area (TPSA) is 37.8 Å². The molecule has 2 atom stereocenters. The fourth-order valence-corrected chi connectivity index (χ4v) is 3.71. The molecule has 0 saturated heterocycles. The Labute approximate surface area is 123 Å². The molecule has 1 heterocycles. The van der Waals surface area contributed by atoms with E-state index in [1.807, 2.05) is 6.07 Å². The van der Waals surface area contributed by atoms with Crippen LogP contribution in [0.5, 0.6) is 0 Å². The van der Waals surface area contributed by atoms with Gasteiger partial charge in [0.05, 0.1) is 0 Å². The summed E-state index contributed by atoms with van der Waals surface area (Å²) in [6.07, 6.45) is 6.36. The van der Waals surface area contributed by atoms with Crippen molar-refractivity contribution in [1.82, 2.24) is 9.97 Å². The van der Waals surface area contributed by atoms with E-state index >= 15 is 0 Å². The van der Waals surface area contributed by atoms with Crippen LogP contribution in [-0.4, -0.2) is 16.0 Å². The molecule has 19 heavy (non-hydrogen) atoms. The van der Waals surface area contributed by atoms with Gasteiger partial charge in [0.2, 0.25) is 0 Å². The number of rotatable bonds is 3. The van der Waals surface area contributed by atoms with Crippen molar-refractivity contribution < 1.29 is 0 Å². The van der Waals surface area contributed by atoms with E-state index in [-0.39, 0.29) is 0 Å². The number of nitrogens with one attached hydrogen (secondary N) is 1. The third kappa shape index (κ3) is 3.47. The van der Waals surface area contributed by atoms with Crippen molar-refractivity contribution >= 4 is 21.7 Å². The molecule has 0 bridgehead atoms. The standard InChI is InChI=1S/C15H22BrN3/c1-9-5-10(2)7-12(6-9)17-14-8-13(16)18-15(19-14)11-3-4-11/h8-12H,3-7H2,1-2H3,(H,17,18,19). The monoisotopic (exact) mass is 323 g/mol. The van der Waals surface area contributed by atoms with Crippen molar-refractivity contribution in [2.24, 2.45) is 11.8 Å². The number of hydrogen-bond acceptors (Lipinski definition) is 3. The Morgan fingerprint density at radius 2 is 1.79 bits per heavy atom. The van der Waals surface area contributed by atoms with Crippen LogP contribution in [0.15, 0.2) is 10.7 Å². The molecule has 1 aromatic heterocycles. The Balaban J connectivity index is 1.71. The molecule has 2 saturated carbocycles. The van der Waals surface area contributed by atoms with Crippen molar-refractivity contribution in [2.75, 3.05) is 5.32 Å². The van der Waals surface area contributed by atoms with Crippen LogP contribution >= 0.6 is 15.9 Å². The van der Waals surface area contributed by atoms with Crippen LogP contribution in [0.1, 0.15) is 57.7 Å². The summed E-state index contributed by atoms with van der Waals surface area (Å²) in [5.74, 6) is 4.23. The van der Waals surface area contributed by atoms with Crippen molar-refractivity contribution in [3.8, 4) is 0 Å². The molecule has 104 valence electrons. The summed E-state index contributed by atoms with van der Waals surface area (Å²) in [4.78, 5) is 9.17. The largest absolute Gasteiger partial charge is 0.367 e. The van der Waals surface area contributed by atoms with E-state index in [0.717, 1.165) is 28.1 Å². The van der Waals surface area contributed by atoms with Gasteiger partial charge in [-0.2, -0.15) is 0 Å². The molecule has 2 unspecified atom stereocenters. The summed E-state index contributed by atoms with van der Waals surface area (Å²) in [5.41, 5.74) is 0. The first-order valence-electron chi connectivity index (χ1n) is 7.41. The van der Waals surface area contributed by atoms with Gasteiger partial charge in [0.15, 0.2) is 0 Å². The number of hydrogen-bond donors (Lipinski definition) is 1. The van der Waals surface area contributed by atoms with Gasteiger partial charge in [-0.15, -0.1) is 0 Å². The van der Waals surface area contributed by atoms with Gasteiger partial charge in [-0.1, -0.05) is 13.8 Å². The van der Waals surface area contributed by atoms with Crippen LogP contribution < -0.4 is 5.32 Å². The summed E-state index contributed by atoms with van der Waals surface area (Å²) in [6, 6.07) is 2.57. The summed E-state index contributed by atoms with van der Waals surface area (Å²) in [5, 5.41) is 3.62. The van der Waals surface area contributed by atoms with Crippen LogP contribution in [0.2, 0.25) is 0 Å². The number of nitrogens with zero attached hydrogens (tertiary/aromatic N) is 2. The van der Waals surface area contributed by atoms with Crippen LogP contribution in [0, 0.1) is 11.8 Å². The smallest absolute Gasteiger partial charge is 0.135 e. The number of halogens is 1. The van der Waals surface area contributed by atoms with Gasteiger partial charge >= 0.3 is 0 Å². The van der Waals surface area contributed by atoms with Crippen molar-refractivity contribution in [3.63, 3.8) is 0 Å². The Bertz CT molecular complexity index is 449. The fourth-order valence-electron chi connectivity index (χ4n) is 3.31. The Morgan fingerprint density at radius 1 is 1.11 bits per heavy atom. The van der Waals surface area contributed by atoms with Gasteiger partial charge in [0.1, 0.15) is 16.2 Å². The van der Waals surface area contributed by atoms with Crippen LogP contribution in [0.4, 0.5) is 5.82 Å². The minimum absolute atomic E-state index is 0.563. The maximum Gasteiger partial charge on any atom is 0.135 e. The van der Waals surface area contributed by atoms with E-state index in [9.17, 15) is 0 Å². The SMILES string of the molecule is CC1CC(C)CC(Nc2cc(Br)nc(C3CC3)n2)C1. The summed E-state index contributed by atoms with van der Waals surface area (Å²) < 4.78 is 0.906. The molecule has 1 N–H and O–H groups in total. The number of anilines is 1. The predicted octanol–water partition coefficient (Wildman–Crippen LogP) is 4.35. The molecule has 0 radical (unpaired) electrons. The van der Waals surface area contributed by atoms with E-state index < -0.39 is 0 Å². The van der Waals surface area contributed by atoms with Crippen LogP contribution in [-0.2, 0) is 0 Å². The number of aromatic nitrogens is 2. The van der Waals surface area contributed by atoms with Gasteiger partial charge in [-0.3, -0.25) is 0 Å². The first-order valence-corrected chi connectivity index (χ1v) is 8.20. The van der Waals surface area contributed by atoms with E-state index in [4.69, 9.17) is 0 Å². The minimum atomic E-state index is 0.563. The molecule has 0 aromatic carbocycles. The van der Waals surface area contributed by atoms with Gasteiger partial charge in [0, 0.05) is 18.0 Å². The zero-order valence-corrected chi connectivity index (χ0v) is 13.3. The Hall–Kier alpha value is -0.640. The first kappa shape index (κ1) is 13.3. The van der Waals surface area contributed by atoms with Crippen LogP contribution in [0.25, 0.3) is 0 Å². The zero-order chi connectivity index (χ0) is 13.4. The highest BCUT2D eigenvalue weighted by atomic mass is 79.9. The van der Waals surface area contributed by atoms with E-state index in [2.05, 4.69) is 45.1 Å². The highest BCUT2D eigenvalue weighted by molar-refractivity contribution is 9.10. The maximum absolute atomic E-state index is 4.69. The summed E-state index contributed by atoms with van der Waals surface area (Å²) >= 11 is 3.51. The third-order valence-corrected chi connectivity index (χ3v) is 4.59. The first-order chi connectivity index (χ1) is 9.10. The molecule has 0 aliphatic heterocycles. The second-order valence-corrected chi connectivity index (χ2v) is 7.28. The third-order valence-electron chi connectivity index (χ3n) is 4.19. The lowest BCUT2D eigenvalue weighted by atomic mass is 9.80. The van der Waals surface area contributed by atoms with Gasteiger partial charge in [0.25, 0.3) is 0 Å². The average Bonchev–Trinajstić information content (AvgIpc) is 3.09. The van der Waals surface area contributed by atoms with Gasteiger partial charge in [-0.25, -0.2) is 9.97 Å². The highest BCUT2D eigenvalue weighted by Crippen LogP contribution is 2.39. The summed E-state index contributed by atoms with van der Waals surface area (Å²) in [6.45, 7) is 4.71. The molecule has 0 spiro atoms. The molecular formula is C15H22BrN3. The molecule has 2 aliphatic carbocycles. The highest BCUT2D eigenvalue weighted by Gasteiger charge is 2.28.